The number of thioether (sulfide) groups is 1. The molecule has 0 atom stereocenters. The number of amides is 2. The Hall–Kier alpha value is -3.06. The number of imide groups is 1. The fourth-order valence-electron chi connectivity index (χ4n) is 3.36. The second kappa shape index (κ2) is 11.0. The fraction of sp³-hybridized carbons (Fsp3) is 0.0833. The normalized spacial score (nSPS) is 14.9. The molecule has 0 saturated carbocycles. The first kappa shape index (κ1) is 28.0. The molecule has 1 aliphatic heterocycles. The van der Waals surface area contributed by atoms with Gasteiger partial charge in [0.2, 0.25) is 5.75 Å². The lowest BCUT2D eigenvalue weighted by Crippen LogP contribution is -2.27. The predicted molar refractivity (Wildman–Crippen MR) is 140 cm³/mol. The molecule has 0 aromatic heterocycles. The van der Waals surface area contributed by atoms with Crippen molar-refractivity contribution in [1.29, 1.82) is 0 Å². The van der Waals surface area contributed by atoms with E-state index in [-0.39, 0.29) is 17.2 Å². The number of ether oxygens (including phenoxy) is 1. The molecule has 0 N–H and O–H groups in total. The number of halogens is 6. The number of hydrogen-bond acceptors (Lipinski definition) is 6. The second-order valence-electron chi connectivity index (χ2n) is 7.70. The van der Waals surface area contributed by atoms with Crippen LogP contribution >= 0.6 is 50.9 Å². The van der Waals surface area contributed by atoms with Crippen molar-refractivity contribution in [1.82, 2.24) is 4.90 Å². The summed E-state index contributed by atoms with van der Waals surface area (Å²) in [6, 6.07) is 11.2. The van der Waals surface area contributed by atoms with Crippen molar-refractivity contribution in [3.63, 3.8) is 0 Å². The van der Waals surface area contributed by atoms with Gasteiger partial charge in [0.15, 0.2) is 0 Å². The van der Waals surface area contributed by atoms with E-state index in [2.05, 4.69) is 15.9 Å². The van der Waals surface area contributed by atoms with Crippen molar-refractivity contribution in [3.05, 3.63) is 101 Å². The minimum Gasteiger partial charge on any atom is -0.449 e. The molecule has 0 unspecified atom stereocenters. The number of alkyl halides is 3. The minimum atomic E-state index is -4.76. The fourth-order valence-corrected chi connectivity index (χ4v) is 5.19. The number of benzene rings is 3. The number of carbonyl (C=O) groups is 2. The van der Waals surface area contributed by atoms with Crippen LogP contribution in [0.1, 0.15) is 16.7 Å². The van der Waals surface area contributed by atoms with Gasteiger partial charge in [-0.2, -0.15) is 13.2 Å². The molecule has 4 rings (SSSR count). The zero-order valence-electron chi connectivity index (χ0n) is 18.6. The lowest BCUT2D eigenvalue weighted by molar-refractivity contribution is -0.385. The van der Waals surface area contributed by atoms with Crippen LogP contribution in [-0.4, -0.2) is 21.0 Å². The van der Waals surface area contributed by atoms with E-state index in [0.717, 1.165) is 22.7 Å². The summed E-state index contributed by atoms with van der Waals surface area (Å²) in [5, 5.41) is 11.4. The van der Waals surface area contributed by atoms with Gasteiger partial charge in [0.1, 0.15) is 5.75 Å². The molecule has 14 heteroatoms. The van der Waals surface area contributed by atoms with Crippen molar-refractivity contribution in [2.75, 3.05) is 0 Å². The van der Waals surface area contributed by atoms with Gasteiger partial charge in [-0.15, -0.1) is 0 Å². The highest BCUT2D eigenvalue weighted by atomic mass is 79.9. The number of carbonyl (C=O) groups excluding carboxylic acids is 2. The van der Waals surface area contributed by atoms with E-state index in [4.69, 9.17) is 27.9 Å². The van der Waals surface area contributed by atoms with E-state index >= 15 is 0 Å². The van der Waals surface area contributed by atoms with Crippen LogP contribution < -0.4 is 4.74 Å². The molecular formula is C24H12BrCl2F3N2O5S. The molecule has 1 fully saturated rings. The summed E-state index contributed by atoms with van der Waals surface area (Å²) in [4.78, 5) is 36.9. The number of nitro benzene ring substituents is 1. The van der Waals surface area contributed by atoms with Crippen molar-refractivity contribution >= 4 is 73.8 Å². The van der Waals surface area contributed by atoms with E-state index in [0.29, 0.717) is 37.8 Å². The lowest BCUT2D eigenvalue weighted by atomic mass is 10.1. The van der Waals surface area contributed by atoms with Gasteiger partial charge in [0.25, 0.3) is 11.1 Å². The summed E-state index contributed by atoms with van der Waals surface area (Å²) >= 11 is 16.3. The second-order valence-corrected chi connectivity index (χ2v) is 10.4. The number of nitrogens with zero attached hydrogens (tertiary/aromatic N) is 2. The maximum Gasteiger partial charge on any atom is 0.416 e. The first-order valence-corrected chi connectivity index (χ1v) is 12.7. The highest BCUT2D eigenvalue weighted by Gasteiger charge is 2.36. The molecule has 38 heavy (non-hydrogen) atoms. The highest BCUT2D eigenvalue weighted by molar-refractivity contribution is 9.10. The van der Waals surface area contributed by atoms with Crippen molar-refractivity contribution in [2.24, 2.45) is 0 Å². The molecule has 3 aromatic carbocycles. The van der Waals surface area contributed by atoms with Crippen LogP contribution in [0.4, 0.5) is 23.7 Å². The molecule has 0 radical (unpaired) electrons. The van der Waals surface area contributed by atoms with Crippen molar-refractivity contribution in [2.45, 2.75) is 12.7 Å². The van der Waals surface area contributed by atoms with Gasteiger partial charge < -0.3 is 4.74 Å². The molecule has 2 amide bonds. The average molecular weight is 648 g/mol. The first-order valence-electron chi connectivity index (χ1n) is 10.4. The summed E-state index contributed by atoms with van der Waals surface area (Å²) in [5.41, 5.74) is -1.13. The Morgan fingerprint density at radius 2 is 1.71 bits per heavy atom. The largest absolute Gasteiger partial charge is 0.449 e. The first-order chi connectivity index (χ1) is 17.8. The zero-order valence-corrected chi connectivity index (χ0v) is 22.5. The monoisotopic (exact) mass is 646 g/mol. The minimum absolute atomic E-state index is 0.0754. The third kappa shape index (κ3) is 5.98. The van der Waals surface area contributed by atoms with Crippen molar-refractivity contribution < 1.29 is 32.4 Å². The van der Waals surface area contributed by atoms with Crippen LogP contribution in [0.3, 0.4) is 0 Å². The quantitative estimate of drug-likeness (QED) is 0.151. The molecule has 0 bridgehead atoms. The molecule has 7 nitrogen and oxygen atoms in total. The summed E-state index contributed by atoms with van der Waals surface area (Å²) in [6.07, 6.45) is -3.29. The standard InChI is InChI=1S/C24H12BrCl2F3N2O5S/c25-15-8-12(4-6-19(15)37-20-7-5-13(24(28,29)30)10-18(20)32(35)36)9-21-22(33)31(23(34)38-21)11-14-16(26)2-1-3-17(14)27/h1-10H,11H2/b21-9+. The molecular weight excluding hydrogens is 636 g/mol. The molecule has 196 valence electrons. The van der Waals surface area contributed by atoms with Crippen LogP contribution in [0.25, 0.3) is 6.08 Å². The molecule has 0 spiro atoms. The Kier molecular flexibility index (Phi) is 8.07. The molecule has 1 saturated heterocycles. The molecule has 0 aliphatic carbocycles. The van der Waals surface area contributed by atoms with E-state index in [9.17, 15) is 32.9 Å². The van der Waals surface area contributed by atoms with Gasteiger partial charge in [0.05, 0.1) is 26.4 Å². The average Bonchev–Trinajstić information content (AvgIpc) is 3.09. The Labute approximate surface area is 235 Å². The number of hydrogen-bond donors (Lipinski definition) is 0. The number of nitro groups is 1. The Morgan fingerprint density at radius 3 is 2.32 bits per heavy atom. The van der Waals surface area contributed by atoms with Gasteiger partial charge in [-0.25, -0.2) is 0 Å². The summed E-state index contributed by atoms with van der Waals surface area (Å²) < 4.78 is 44.6. The van der Waals surface area contributed by atoms with E-state index in [1.165, 1.54) is 24.3 Å². The zero-order chi connectivity index (χ0) is 27.8. The lowest BCUT2D eigenvalue weighted by Gasteiger charge is -2.14. The Bertz CT molecular complexity index is 1500. The molecule has 1 aliphatic rings. The third-order valence-corrected chi connectivity index (χ3v) is 7.44. The van der Waals surface area contributed by atoms with Crippen LogP contribution in [0.2, 0.25) is 10.0 Å². The predicted octanol–water partition coefficient (Wildman–Crippen LogP) is 8.71. The summed E-state index contributed by atoms with van der Waals surface area (Å²) in [6.45, 7) is -0.108. The van der Waals surface area contributed by atoms with Gasteiger partial charge in [0, 0.05) is 21.7 Å². The smallest absolute Gasteiger partial charge is 0.416 e. The van der Waals surface area contributed by atoms with Crippen molar-refractivity contribution in [3.8, 4) is 11.5 Å². The van der Waals surface area contributed by atoms with Gasteiger partial charge in [-0.05, 0) is 75.7 Å². The van der Waals surface area contributed by atoms with Crippen LogP contribution in [-0.2, 0) is 17.5 Å². The Morgan fingerprint density at radius 1 is 1.05 bits per heavy atom. The van der Waals surface area contributed by atoms with E-state index in [1.54, 1.807) is 18.2 Å². The maximum absolute atomic E-state index is 12.9. The summed E-state index contributed by atoms with van der Waals surface area (Å²) in [5.74, 6) is -0.866. The topological polar surface area (TPSA) is 89.7 Å². The van der Waals surface area contributed by atoms with E-state index in [1.807, 2.05) is 0 Å². The molecule has 1 heterocycles. The van der Waals surface area contributed by atoms with Gasteiger partial charge in [-0.3, -0.25) is 24.6 Å². The highest BCUT2D eigenvalue weighted by Crippen LogP contribution is 2.40. The van der Waals surface area contributed by atoms with Crippen LogP contribution in [0, 0.1) is 10.1 Å². The maximum atomic E-state index is 12.9. The summed E-state index contributed by atoms with van der Waals surface area (Å²) in [7, 11) is 0. The molecule has 3 aromatic rings. The Balaban J connectivity index is 1.55. The third-order valence-electron chi connectivity index (χ3n) is 5.21. The number of rotatable bonds is 6. The van der Waals surface area contributed by atoms with Gasteiger partial charge in [-0.1, -0.05) is 35.3 Å². The van der Waals surface area contributed by atoms with Crippen LogP contribution in [0.5, 0.6) is 11.5 Å². The SMILES string of the molecule is O=C1S/C(=C/c2ccc(Oc3ccc(C(F)(F)F)cc3[N+](=O)[O-])c(Br)c2)C(=O)N1Cc1c(Cl)cccc1Cl. The van der Waals surface area contributed by atoms with Crippen LogP contribution in [0.15, 0.2) is 64.0 Å². The van der Waals surface area contributed by atoms with E-state index < -0.39 is 39.2 Å². The van der Waals surface area contributed by atoms with Gasteiger partial charge >= 0.3 is 11.9 Å².